The quantitative estimate of drug-likeness (QED) is 0.729. The molecule has 0 aromatic heterocycles. The molecule has 0 aliphatic carbocycles. The minimum absolute atomic E-state index is 0.0330. The summed E-state index contributed by atoms with van der Waals surface area (Å²) < 4.78 is 0. The third kappa shape index (κ3) is 4.64. The molecule has 8 heteroatoms. The SMILES string of the molecule is Cc1ccccc1NC(=O)CS[C@@H]1CC(=O)N(c2cc(Cl)cc(Cl)c2)C1=O. The number of hydrogen-bond acceptors (Lipinski definition) is 4. The number of anilines is 2. The molecule has 0 radical (unpaired) electrons. The van der Waals surface area contributed by atoms with Crippen molar-refractivity contribution < 1.29 is 14.4 Å². The van der Waals surface area contributed by atoms with Crippen LogP contribution < -0.4 is 10.2 Å². The fourth-order valence-corrected chi connectivity index (χ4v) is 4.20. The van der Waals surface area contributed by atoms with Gasteiger partial charge in [0.1, 0.15) is 0 Å². The molecule has 1 aliphatic rings. The molecule has 3 amide bonds. The number of nitrogens with one attached hydrogen (secondary N) is 1. The van der Waals surface area contributed by atoms with E-state index in [1.165, 1.54) is 18.2 Å². The number of benzene rings is 2. The van der Waals surface area contributed by atoms with E-state index in [0.29, 0.717) is 15.7 Å². The van der Waals surface area contributed by atoms with Crippen LogP contribution in [0.2, 0.25) is 10.0 Å². The number of imide groups is 1. The van der Waals surface area contributed by atoms with Crippen LogP contribution in [0.25, 0.3) is 0 Å². The number of carbonyl (C=O) groups excluding carboxylic acids is 3. The van der Waals surface area contributed by atoms with Gasteiger partial charge in [-0.15, -0.1) is 11.8 Å². The van der Waals surface area contributed by atoms with E-state index in [4.69, 9.17) is 23.2 Å². The van der Waals surface area contributed by atoms with Crippen molar-refractivity contribution in [3.8, 4) is 0 Å². The van der Waals surface area contributed by atoms with Crippen molar-refractivity contribution in [1.29, 1.82) is 0 Å². The molecule has 27 heavy (non-hydrogen) atoms. The summed E-state index contributed by atoms with van der Waals surface area (Å²) in [5.74, 6) is -0.858. The number of thioether (sulfide) groups is 1. The Morgan fingerprint density at radius 1 is 1.19 bits per heavy atom. The van der Waals surface area contributed by atoms with Crippen molar-refractivity contribution in [3.63, 3.8) is 0 Å². The van der Waals surface area contributed by atoms with E-state index >= 15 is 0 Å². The Labute approximate surface area is 171 Å². The Morgan fingerprint density at radius 3 is 2.52 bits per heavy atom. The molecule has 1 heterocycles. The van der Waals surface area contributed by atoms with Crippen LogP contribution in [0.4, 0.5) is 11.4 Å². The van der Waals surface area contributed by atoms with E-state index in [1.54, 1.807) is 0 Å². The maximum Gasteiger partial charge on any atom is 0.247 e. The van der Waals surface area contributed by atoms with Crippen LogP contribution in [-0.4, -0.2) is 28.7 Å². The average Bonchev–Trinajstić information content (AvgIpc) is 2.88. The number of hydrogen-bond donors (Lipinski definition) is 1. The number of rotatable bonds is 5. The first-order valence-corrected chi connectivity index (χ1v) is 9.95. The molecule has 1 fully saturated rings. The molecule has 1 N–H and O–H groups in total. The molecule has 0 bridgehead atoms. The Balaban J connectivity index is 1.63. The van der Waals surface area contributed by atoms with E-state index < -0.39 is 5.25 Å². The molecular formula is C19H16Cl2N2O3S. The third-order valence-corrected chi connectivity index (χ3v) is 5.68. The summed E-state index contributed by atoms with van der Waals surface area (Å²) >= 11 is 13.1. The van der Waals surface area contributed by atoms with Crippen molar-refractivity contribution in [2.45, 2.75) is 18.6 Å². The van der Waals surface area contributed by atoms with Crippen molar-refractivity contribution in [2.75, 3.05) is 16.0 Å². The van der Waals surface area contributed by atoms with E-state index in [1.807, 2.05) is 31.2 Å². The molecule has 1 aliphatic heterocycles. The zero-order valence-corrected chi connectivity index (χ0v) is 16.7. The summed E-state index contributed by atoms with van der Waals surface area (Å²) in [5, 5.41) is 2.88. The predicted molar refractivity (Wildman–Crippen MR) is 110 cm³/mol. The Hall–Kier alpha value is -2.02. The minimum atomic E-state index is -0.613. The highest BCUT2D eigenvalue weighted by Gasteiger charge is 2.40. The van der Waals surface area contributed by atoms with Crippen molar-refractivity contribution in [3.05, 3.63) is 58.1 Å². The molecule has 1 saturated heterocycles. The highest BCUT2D eigenvalue weighted by atomic mass is 35.5. The van der Waals surface area contributed by atoms with E-state index in [-0.39, 0.29) is 29.9 Å². The molecule has 2 aromatic carbocycles. The second-order valence-electron chi connectivity index (χ2n) is 6.06. The van der Waals surface area contributed by atoms with Crippen molar-refractivity contribution in [1.82, 2.24) is 0 Å². The number of nitrogens with zero attached hydrogens (tertiary/aromatic N) is 1. The molecule has 3 rings (SSSR count). The fourth-order valence-electron chi connectivity index (χ4n) is 2.75. The molecule has 5 nitrogen and oxygen atoms in total. The van der Waals surface area contributed by atoms with E-state index in [2.05, 4.69) is 5.32 Å². The molecule has 0 saturated carbocycles. The molecule has 2 aromatic rings. The van der Waals surface area contributed by atoms with Crippen molar-refractivity contribution in [2.24, 2.45) is 0 Å². The summed E-state index contributed by atoms with van der Waals surface area (Å²) in [6.45, 7) is 1.90. The lowest BCUT2D eigenvalue weighted by Gasteiger charge is -2.15. The average molecular weight is 423 g/mol. The number of aryl methyl sites for hydroxylation is 1. The lowest BCUT2D eigenvalue weighted by Crippen LogP contribution is -2.31. The zero-order valence-electron chi connectivity index (χ0n) is 14.4. The smallest absolute Gasteiger partial charge is 0.247 e. The number of para-hydroxylation sites is 1. The van der Waals surface area contributed by atoms with Gasteiger partial charge in [-0.3, -0.25) is 14.4 Å². The number of carbonyl (C=O) groups is 3. The predicted octanol–water partition coefficient (Wildman–Crippen LogP) is 4.31. The van der Waals surface area contributed by atoms with Gasteiger partial charge in [-0.1, -0.05) is 41.4 Å². The molecular weight excluding hydrogens is 407 g/mol. The maximum absolute atomic E-state index is 12.6. The largest absolute Gasteiger partial charge is 0.325 e. The summed E-state index contributed by atoms with van der Waals surface area (Å²) in [5.41, 5.74) is 2.02. The summed E-state index contributed by atoms with van der Waals surface area (Å²) in [4.78, 5) is 38.2. The first-order chi connectivity index (χ1) is 12.8. The van der Waals surface area contributed by atoms with E-state index in [9.17, 15) is 14.4 Å². The standard InChI is InChI=1S/C19H16Cl2N2O3S/c1-11-4-2-3-5-15(11)22-17(24)10-27-16-9-18(25)23(19(16)26)14-7-12(20)6-13(21)8-14/h2-8,16H,9-10H2,1H3,(H,22,24)/t16-/m1/s1. The van der Waals surface area contributed by atoms with Crippen LogP contribution >= 0.6 is 35.0 Å². The van der Waals surface area contributed by atoms with Crippen LogP contribution in [0.3, 0.4) is 0 Å². The van der Waals surface area contributed by atoms with Crippen LogP contribution in [0.15, 0.2) is 42.5 Å². The van der Waals surface area contributed by atoms with Gasteiger partial charge in [0.2, 0.25) is 17.7 Å². The van der Waals surface area contributed by atoms with Gasteiger partial charge < -0.3 is 5.32 Å². The normalized spacial score (nSPS) is 16.7. The van der Waals surface area contributed by atoms with Crippen LogP contribution in [0.5, 0.6) is 0 Å². The summed E-state index contributed by atoms with van der Waals surface area (Å²) in [6, 6.07) is 12.0. The van der Waals surface area contributed by atoms with Gasteiger partial charge in [0.25, 0.3) is 0 Å². The Kier molecular flexibility index (Phi) is 6.09. The highest BCUT2D eigenvalue weighted by Crippen LogP contribution is 2.33. The number of amides is 3. The molecule has 0 unspecified atom stereocenters. The lowest BCUT2D eigenvalue weighted by atomic mass is 10.2. The van der Waals surface area contributed by atoms with Gasteiger partial charge in [0.15, 0.2) is 0 Å². The van der Waals surface area contributed by atoms with Crippen molar-refractivity contribution >= 4 is 64.1 Å². The highest BCUT2D eigenvalue weighted by molar-refractivity contribution is 8.01. The second-order valence-corrected chi connectivity index (χ2v) is 8.13. The summed E-state index contributed by atoms with van der Waals surface area (Å²) in [7, 11) is 0. The summed E-state index contributed by atoms with van der Waals surface area (Å²) in [6.07, 6.45) is 0.0330. The van der Waals surface area contributed by atoms with E-state index in [0.717, 1.165) is 27.9 Å². The fraction of sp³-hybridized carbons (Fsp3) is 0.211. The minimum Gasteiger partial charge on any atom is -0.325 e. The molecule has 1 atom stereocenters. The topological polar surface area (TPSA) is 66.5 Å². The van der Waals surface area contributed by atoms with Crippen LogP contribution in [0.1, 0.15) is 12.0 Å². The monoisotopic (exact) mass is 422 g/mol. The first-order valence-electron chi connectivity index (χ1n) is 8.15. The first kappa shape index (κ1) is 19.7. The van der Waals surface area contributed by atoms with Crippen LogP contribution in [0, 0.1) is 6.92 Å². The zero-order chi connectivity index (χ0) is 19.6. The van der Waals surface area contributed by atoms with Gasteiger partial charge in [-0.05, 0) is 36.8 Å². The Bertz CT molecular complexity index is 899. The molecule has 140 valence electrons. The second kappa shape index (κ2) is 8.33. The Morgan fingerprint density at radius 2 is 1.85 bits per heavy atom. The van der Waals surface area contributed by atoms with Gasteiger partial charge >= 0.3 is 0 Å². The number of halogens is 2. The third-order valence-electron chi connectivity index (χ3n) is 4.05. The maximum atomic E-state index is 12.6. The lowest BCUT2D eigenvalue weighted by molar-refractivity contribution is -0.121. The van der Waals surface area contributed by atoms with Gasteiger partial charge in [0.05, 0.1) is 16.7 Å². The van der Waals surface area contributed by atoms with Gasteiger partial charge in [-0.2, -0.15) is 0 Å². The van der Waals surface area contributed by atoms with Gasteiger partial charge in [-0.25, -0.2) is 4.90 Å². The van der Waals surface area contributed by atoms with Crippen LogP contribution in [-0.2, 0) is 14.4 Å². The molecule has 0 spiro atoms. The van der Waals surface area contributed by atoms with Gasteiger partial charge in [0, 0.05) is 22.2 Å².